The van der Waals surface area contributed by atoms with Crippen LogP contribution in [0.4, 0.5) is 5.69 Å². The van der Waals surface area contributed by atoms with Crippen molar-refractivity contribution in [3.8, 4) is 5.75 Å². The molecule has 0 bridgehead atoms. The molecule has 3 rings (SSSR count). The molecule has 0 aliphatic heterocycles. The fourth-order valence-corrected chi connectivity index (χ4v) is 2.36. The SMILES string of the molecule is COc1ccccc1NC(=O)c1nc2ccccc2n(C)c1=O. The Kier molecular flexibility index (Phi) is 3.80. The summed E-state index contributed by atoms with van der Waals surface area (Å²) in [5.74, 6) is -0.0562. The number of para-hydroxylation sites is 4. The third-order valence-electron chi connectivity index (χ3n) is 3.55. The first-order valence-corrected chi connectivity index (χ1v) is 7.02. The Morgan fingerprint density at radius 1 is 1.13 bits per heavy atom. The first kappa shape index (κ1) is 14.8. The number of hydrogen-bond donors (Lipinski definition) is 1. The molecule has 0 atom stereocenters. The number of fused-ring (bicyclic) bond motifs is 1. The zero-order valence-electron chi connectivity index (χ0n) is 12.7. The molecular weight excluding hydrogens is 294 g/mol. The van der Waals surface area contributed by atoms with E-state index in [0.717, 1.165) is 0 Å². The van der Waals surface area contributed by atoms with E-state index < -0.39 is 11.5 Å². The third kappa shape index (κ3) is 2.66. The van der Waals surface area contributed by atoms with Gasteiger partial charge in [-0.1, -0.05) is 24.3 Å². The van der Waals surface area contributed by atoms with Crippen LogP contribution in [0.5, 0.6) is 5.75 Å². The van der Waals surface area contributed by atoms with Crippen LogP contribution in [-0.2, 0) is 7.05 Å². The van der Waals surface area contributed by atoms with Crippen LogP contribution in [0.25, 0.3) is 11.0 Å². The standard InChI is InChI=1S/C17H15N3O3/c1-20-13-9-5-3-7-11(13)18-15(17(20)22)16(21)19-12-8-4-6-10-14(12)23-2/h3-10H,1-2H3,(H,19,21). The van der Waals surface area contributed by atoms with Crippen LogP contribution >= 0.6 is 0 Å². The number of aryl methyl sites for hydroxylation is 1. The van der Waals surface area contributed by atoms with E-state index in [1.165, 1.54) is 11.7 Å². The van der Waals surface area contributed by atoms with Gasteiger partial charge in [-0.2, -0.15) is 0 Å². The van der Waals surface area contributed by atoms with Gasteiger partial charge in [0.2, 0.25) is 0 Å². The van der Waals surface area contributed by atoms with Gasteiger partial charge in [0.15, 0.2) is 5.69 Å². The largest absolute Gasteiger partial charge is 0.495 e. The molecule has 0 aliphatic rings. The summed E-state index contributed by atoms with van der Waals surface area (Å²) in [5.41, 5.74) is 1.14. The van der Waals surface area contributed by atoms with Crippen LogP contribution in [-0.4, -0.2) is 22.6 Å². The first-order valence-electron chi connectivity index (χ1n) is 7.02. The molecule has 1 aromatic heterocycles. The highest BCUT2D eigenvalue weighted by Crippen LogP contribution is 2.23. The van der Waals surface area contributed by atoms with Gasteiger partial charge in [0.25, 0.3) is 11.5 Å². The molecule has 3 aromatic rings. The quantitative estimate of drug-likeness (QED) is 0.805. The van der Waals surface area contributed by atoms with Crippen molar-refractivity contribution in [3.63, 3.8) is 0 Å². The number of carbonyl (C=O) groups is 1. The Labute approximate surface area is 132 Å². The fourth-order valence-electron chi connectivity index (χ4n) is 2.36. The van der Waals surface area contributed by atoms with Crippen molar-refractivity contribution >= 4 is 22.6 Å². The van der Waals surface area contributed by atoms with Crippen LogP contribution in [0.2, 0.25) is 0 Å². The zero-order valence-corrected chi connectivity index (χ0v) is 12.7. The molecule has 1 heterocycles. The molecular formula is C17H15N3O3. The lowest BCUT2D eigenvalue weighted by atomic mass is 10.2. The van der Waals surface area contributed by atoms with Gasteiger partial charge in [0.1, 0.15) is 5.75 Å². The molecule has 2 aromatic carbocycles. The number of rotatable bonds is 3. The second kappa shape index (κ2) is 5.92. The van der Waals surface area contributed by atoms with Crippen molar-refractivity contribution < 1.29 is 9.53 Å². The molecule has 1 amide bonds. The van der Waals surface area contributed by atoms with Gasteiger partial charge in [0, 0.05) is 7.05 Å². The molecule has 6 nitrogen and oxygen atoms in total. The van der Waals surface area contributed by atoms with Gasteiger partial charge in [-0.25, -0.2) is 4.98 Å². The van der Waals surface area contributed by atoms with Crippen molar-refractivity contribution in [1.82, 2.24) is 9.55 Å². The minimum absolute atomic E-state index is 0.155. The number of hydrogen-bond acceptors (Lipinski definition) is 4. The smallest absolute Gasteiger partial charge is 0.282 e. The molecule has 0 saturated carbocycles. The van der Waals surface area contributed by atoms with E-state index in [-0.39, 0.29) is 5.69 Å². The molecule has 116 valence electrons. The van der Waals surface area contributed by atoms with E-state index in [9.17, 15) is 9.59 Å². The summed E-state index contributed by atoms with van der Waals surface area (Å²) in [6.07, 6.45) is 0. The minimum Gasteiger partial charge on any atom is -0.495 e. The van der Waals surface area contributed by atoms with Crippen molar-refractivity contribution in [1.29, 1.82) is 0 Å². The maximum Gasteiger partial charge on any atom is 0.282 e. The summed E-state index contributed by atoms with van der Waals surface area (Å²) < 4.78 is 6.60. The van der Waals surface area contributed by atoms with E-state index >= 15 is 0 Å². The summed E-state index contributed by atoms with van der Waals surface area (Å²) in [7, 11) is 3.13. The van der Waals surface area contributed by atoms with Crippen molar-refractivity contribution in [3.05, 3.63) is 64.6 Å². The fraction of sp³-hybridized carbons (Fsp3) is 0.118. The number of amides is 1. The van der Waals surface area contributed by atoms with Crippen molar-refractivity contribution in [2.24, 2.45) is 7.05 Å². The minimum atomic E-state index is -0.569. The molecule has 0 saturated heterocycles. The molecule has 6 heteroatoms. The second-order valence-corrected chi connectivity index (χ2v) is 4.97. The van der Waals surface area contributed by atoms with E-state index in [2.05, 4.69) is 10.3 Å². The summed E-state index contributed by atoms with van der Waals surface area (Å²) in [5, 5.41) is 2.67. The van der Waals surface area contributed by atoms with E-state index in [1.807, 2.05) is 12.1 Å². The first-order chi connectivity index (χ1) is 11.1. The lowest BCUT2D eigenvalue weighted by Crippen LogP contribution is -2.29. The van der Waals surface area contributed by atoms with Crippen LogP contribution in [0.3, 0.4) is 0 Å². The van der Waals surface area contributed by atoms with Crippen LogP contribution in [0.1, 0.15) is 10.5 Å². The highest BCUT2D eigenvalue weighted by molar-refractivity contribution is 6.04. The van der Waals surface area contributed by atoms with E-state index in [1.54, 1.807) is 43.4 Å². The predicted octanol–water partition coefficient (Wildman–Crippen LogP) is 2.19. The normalized spacial score (nSPS) is 10.5. The topological polar surface area (TPSA) is 73.2 Å². The second-order valence-electron chi connectivity index (χ2n) is 4.97. The van der Waals surface area contributed by atoms with Crippen LogP contribution < -0.4 is 15.6 Å². The maximum atomic E-state index is 12.5. The van der Waals surface area contributed by atoms with Gasteiger partial charge in [0.05, 0.1) is 23.8 Å². The molecule has 0 radical (unpaired) electrons. The number of methoxy groups -OCH3 is 1. The molecule has 0 spiro atoms. The monoisotopic (exact) mass is 309 g/mol. The van der Waals surface area contributed by atoms with Crippen LogP contribution in [0.15, 0.2) is 53.3 Å². The average molecular weight is 309 g/mol. The van der Waals surface area contributed by atoms with Gasteiger partial charge >= 0.3 is 0 Å². The Hall–Kier alpha value is -3.15. The van der Waals surface area contributed by atoms with Gasteiger partial charge in [-0.3, -0.25) is 9.59 Å². The molecule has 1 N–H and O–H groups in total. The summed E-state index contributed by atoms with van der Waals surface area (Å²) >= 11 is 0. The lowest BCUT2D eigenvalue weighted by Gasteiger charge is -2.10. The van der Waals surface area contributed by atoms with Crippen LogP contribution in [0, 0.1) is 0 Å². The lowest BCUT2D eigenvalue weighted by molar-refractivity contribution is 0.102. The number of anilines is 1. The number of aromatic nitrogens is 2. The Morgan fingerprint density at radius 3 is 2.61 bits per heavy atom. The Morgan fingerprint density at radius 2 is 1.83 bits per heavy atom. The number of ether oxygens (including phenoxy) is 1. The summed E-state index contributed by atoms with van der Waals surface area (Å²) in [6, 6.07) is 14.1. The summed E-state index contributed by atoms with van der Waals surface area (Å²) in [6.45, 7) is 0. The van der Waals surface area contributed by atoms with E-state index in [4.69, 9.17) is 4.74 Å². The summed E-state index contributed by atoms with van der Waals surface area (Å²) in [4.78, 5) is 29.0. The number of benzene rings is 2. The third-order valence-corrected chi connectivity index (χ3v) is 3.55. The Bertz CT molecular complexity index is 947. The predicted molar refractivity (Wildman–Crippen MR) is 87.9 cm³/mol. The Balaban J connectivity index is 2.05. The average Bonchev–Trinajstić information content (AvgIpc) is 2.58. The number of nitrogens with one attached hydrogen (secondary N) is 1. The highest BCUT2D eigenvalue weighted by Gasteiger charge is 2.17. The van der Waals surface area contributed by atoms with Gasteiger partial charge < -0.3 is 14.6 Å². The maximum absolute atomic E-state index is 12.5. The number of carbonyl (C=O) groups excluding carboxylic acids is 1. The van der Waals surface area contributed by atoms with E-state index in [0.29, 0.717) is 22.5 Å². The molecule has 0 fully saturated rings. The van der Waals surface area contributed by atoms with Gasteiger partial charge in [-0.05, 0) is 24.3 Å². The van der Waals surface area contributed by atoms with Crippen molar-refractivity contribution in [2.45, 2.75) is 0 Å². The molecule has 0 aliphatic carbocycles. The molecule has 23 heavy (non-hydrogen) atoms. The number of nitrogens with zero attached hydrogens (tertiary/aromatic N) is 2. The van der Waals surface area contributed by atoms with Gasteiger partial charge in [-0.15, -0.1) is 0 Å². The zero-order chi connectivity index (χ0) is 16.4. The molecule has 0 unspecified atom stereocenters. The highest BCUT2D eigenvalue weighted by atomic mass is 16.5. The van der Waals surface area contributed by atoms with Crippen molar-refractivity contribution in [2.75, 3.05) is 12.4 Å².